The number of nitrogens with one attached hydrogen (secondary N) is 3. The summed E-state index contributed by atoms with van der Waals surface area (Å²) in [5.41, 5.74) is 0.767. The second-order valence-corrected chi connectivity index (χ2v) is 9.56. The van der Waals surface area contributed by atoms with Crippen molar-refractivity contribution in [1.29, 1.82) is 0 Å². The molecule has 1 unspecified atom stereocenters. The number of methoxy groups -OCH3 is 1. The Morgan fingerprint density at radius 2 is 1.97 bits per heavy atom. The van der Waals surface area contributed by atoms with Crippen LogP contribution in [-0.2, 0) is 14.9 Å². The zero-order valence-corrected chi connectivity index (χ0v) is 20.3. The number of carbonyl (C=O) groups excluding carboxylic acids is 1. The summed E-state index contributed by atoms with van der Waals surface area (Å²) in [5.74, 6) is -0.0873. The van der Waals surface area contributed by atoms with Crippen molar-refractivity contribution in [3.63, 3.8) is 0 Å². The van der Waals surface area contributed by atoms with Crippen LogP contribution >= 0.6 is 0 Å². The smallest absolute Gasteiger partial charge is 0.230 e. The molecule has 3 N–H and O–H groups in total. The van der Waals surface area contributed by atoms with E-state index in [0.29, 0.717) is 36.8 Å². The predicted molar refractivity (Wildman–Crippen MR) is 132 cm³/mol. The zero-order valence-electron chi connectivity index (χ0n) is 20.3. The molecule has 188 valence electrons. The molecule has 4 rings (SSSR count). The molecule has 1 aliphatic carbocycles. The van der Waals surface area contributed by atoms with E-state index in [-0.39, 0.29) is 12.3 Å². The van der Waals surface area contributed by atoms with Gasteiger partial charge in [0.2, 0.25) is 5.91 Å². The molecule has 0 radical (unpaired) electrons. The van der Waals surface area contributed by atoms with E-state index in [4.69, 9.17) is 9.47 Å². The number of rotatable bonds is 11. The van der Waals surface area contributed by atoms with E-state index in [2.05, 4.69) is 20.9 Å². The minimum absolute atomic E-state index is 0.0649. The number of hydrogen-bond acceptors (Lipinski definition) is 6. The molecule has 1 aliphatic heterocycles. The summed E-state index contributed by atoms with van der Waals surface area (Å²) in [6.07, 6.45) is 2.70. The number of aliphatic imine (C=N–C) groups is 1. The highest BCUT2D eigenvalue weighted by Gasteiger charge is 2.51. The summed E-state index contributed by atoms with van der Waals surface area (Å²) in [5, 5.41) is 9.10. The Labute approximate surface area is 204 Å². The first-order valence-electron chi connectivity index (χ1n) is 11.8. The summed E-state index contributed by atoms with van der Waals surface area (Å²) in [6.45, 7) is 4.05. The first-order chi connectivity index (χ1) is 16.7. The van der Waals surface area contributed by atoms with Gasteiger partial charge in [-0.3, -0.25) is 4.79 Å². The minimum atomic E-state index is -1.31. The number of hydrogen-bond donors (Lipinski definition) is 3. The van der Waals surface area contributed by atoms with Crippen molar-refractivity contribution < 1.29 is 23.0 Å². The van der Waals surface area contributed by atoms with Crippen LogP contribution in [0.25, 0.3) is 0 Å². The molecule has 0 aromatic heterocycles. The summed E-state index contributed by atoms with van der Waals surface area (Å²) < 4.78 is 39.2. The lowest BCUT2D eigenvalue weighted by atomic mass is 9.94. The number of ether oxygens (including phenoxy) is 2. The van der Waals surface area contributed by atoms with Crippen LogP contribution in [0, 0.1) is 5.82 Å². The number of amides is 1. The lowest BCUT2D eigenvalue weighted by Gasteiger charge is -2.24. The number of nitrogens with zero attached hydrogens (tertiary/aromatic N) is 1. The fraction of sp³-hybridized carbons (Fsp3) is 0.462. The van der Waals surface area contributed by atoms with Crippen LogP contribution < -0.4 is 20.7 Å². The largest absolute Gasteiger partial charge is 0.491 e. The summed E-state index contributed by atoms with van der Waals surface area (Å²) >= 11 is 0. The van der Waals surface area contributed by atoms with Crippen molar-refractivity contribution in [1.82, 2.24) is 5.32 Å². The highest BCUT2D eigenvalue weighted by Crippen LogP contribution is 2.48. The van der Waals surface area contributed by atoms with Crippen LogP contribution in [0.3, 0.4) is 0 Å². The molecule has 1 saturated carbocycles. The van der Waals surface area contributed by atoms with Crippen molar-refractivity contribution in [3.8, 4) is 5.75 Å². The van der Waals surface area contributed by atoms with Gasteiger partial charge in [-0.2, -0.15) is 0 Å². The van der Waals surface area contributed by atoms with Crippen molar-refractivity contribution in [2.24, 2.45) is 4.99 Å². The highest BCUT2D eigenvalue weighted by molar-refractivity contribution is 5.91. The molecule has 2 aliphatic rings. The molecule has 0 spiro atoms. The molecular weight excluding hydrogens is 454 g/mol. The lowest BCUT2D eigenvalue weighted by Crippen LogP contribution is -2.37. The van der Waals surface area contributed by atoms with Gasteiger partial charge < -0.3 is 25.4 Å². The predicted octanol–water partition coefficient (Wildman–Crippen LogP) is 4.70. The second kappa shape index (κ2) is 10.2. The number of carbonyl (C=O) groups is 1. The minimum Gasteiger partial charge on any atom is -0.491 e. The van der Waals surface area contributed by atoms with E-state index in [1.807, 2.05) is 24.3 Å². The van der Waals surface area contributed by atoms with E-state index >= 15 is 0 Å². The van der Waals surface area contributed by atoms with E-state index in [1.54, 1.807) is 13.2 Å². The number of halogens is 2. The van der Waals surface area contributed by atoms with Crippen LogP contribution in [0.5, 0.6) is 5.75 Å². The normalized spacial score (nSPS) is 17.8. The average Bonchev–Trinajstić information content (AvgIpc) is 3.61. The van der Waals surface area contributed by atoms with Crippen LogP contribution in [0.15, 0.2) is 41.4 Å². The summed E-state index contributed by atoms with van der Waals surface area (Å²) in [6, 6.07) is 10.6. The monoisotopic (exact) mass is 486 g/mol. The third-order valence-corrected chi connectivity index (χ3v) is 6.31. The van der Waals surface area contributed by atoms with E-state index in [1.165, 1.54) is 26.3 Å². The van der Waals surface area contributed by atoms with Crippen LogP contribution in [-0.4, -0.2) is 44.8 Å². The van der Waals surface area contributed by atoms with Gasteiger partial charge in [0.05, 0.1) is 29.6 Å². The molecule has 35 heavy (non-hydrogen) atoms. The zero-order chi connectivity index (χ0) is 25.1. The standard InChI is InChI=1S/C26H32F2N4O3/c1-25(2,28)10-11-29-24(33)26(8-9-26)17-4-6-18(7-5-17)32-23-22-20(27)14-19(35-13-12-34-3)15-21(22)30-16-31-23/h4-7,14-16,23,32H,8-13H2,1-3H3,(H,29,33)(H,30,31). The molecule has 1 atom stereocenters. The van der Waals surface area contributed by atoms with Gasteiger partial charge in [0.25, 0.3) is 0 Å². The molecular formula is C26H32F2N4O3. The maximum Gasteiger partial charge on any atom is 0.230 e. The van der Waals surface area contributed by atoms with Gasteiger partial charge in [0, 0.05) is 31.5 Å². The number of anilines is 2. The molecule has 1 fully saturated rings. The maximum absolute atomic E-state index is 15.0. The van der Waals surface area contributed by atoms with E-state index in [9.17, 15) is 13.6 Å². The number of fused-ring (bicyclic) bond motifs is 1. The maximum atomic E-state index is 15.0. The van der Waals surface area contributed by atoms with Gasteiger partial charge in [0.15, 0.2) is 6.17 Å². The van der Waals surface area contributed by atoms with E-state index < -0.39 is 23.1 Å². The van der Waals surface area contributed by atoms with Crippen molar-refractivity contribution in [2.45, 2.75) is 50.4 Å². The highest BCUT2D eigenvalue weighted by atomic mass is 19.1. The third kappa shape index (κ3) is 5.90. The third-order valence-electron chi connectivity index (χ3n) is 6.31. The number of alkyl halides is 1. The summed E-state index contributed by atoms with van der Waals surface area (Å²) in [4.78, 5) is 17.1. The Hall–Kier alpha value is -3.20. The molecule has 7 nitrogen and oxygen atoms in total. The van der Waals surface area contributed by atoms with Crippen molar-refractivity contribution >= 4 is 23.6 Å². The van der Waals surface area contributed by atoms with Gasteiger partial charge >= 0.3 is 0 Å². The fourth-order valence-electron chi connectivity index (χ4n) is 4.14. The topological polar surface area (TPSA) is 84.0 Å². The molecule has 1 amide bonds. The summed E-state index contributed by atoms with van der Waals surface area (Å²) in [7, 11) is 1.58. The Morgan fingerprint density at radius 1 is 1.23 bits per heavy atom. The quantitative estimate of drug-likeness (QED) is 0.401. The van der Waals surface area contributed by atoms with Crippen molar-refractivity contribution in [2.75, 3.05) is 37.5 Å². The molecule has 1 heterocycles. The Balaban J connectivity index is 1.42. The molecule has 9 heteroatoms. The molecule has 2 aromatic carbocycles. The van der Waals surface area contributed by atoms with Crippen LogP contribution in [0.2, 0.25) is 0 Å². The van der Waals surface area contributed by atoms with Gasteiger partial charge in [-0.15, -0.1) is 0 Å². The van der Waals surface area contributed by atoms with Crippen LogP contribution in [0.1, 0.15) is 50.4 Å². The van der Waals surface area contributed by atoms with E-state index in [0.717, 1.165) is 24.1 Å². The average molecular weight is 487 g/mol. The van der Waals surface area contributed by atoms with Gasteiger partial charge in [-0.05, 0) is 50.8 Å². The van der Waals surface area contributed by atoms with Crippen molar-refractivity contribution in [3.05, 3.63) is 53.3 Å². The van der Waals surface area contributed by atoms with Gasteiger partial charge in [0.1, 0.15) is 23.8 Å². The molecule has 2 aromatic rings. The Morgan fingerprint density at radius 3 is 2.63 bits per heavy atom. The molecule has 0 bridgehead atoms. The second-order valence-electron chi connectivity index (χ2n) is 9.56. The first-order valence-corrected chi connectivity index (χ1v) is 11.8. The Bertz CT molecular complexity index is 1080. The van der Waals surface area contributed by atoms with Gasteiger partial charge in [-0.25, -0.2) is 13.8 Å². The fourth-order valence-corrected chi connectivity index (χ4v) is 4.14. The SMILES string of the molecule is COCCOc1cc(F)c2c(c1)NC=NC2Nc1ccc(C2(C(=O)NCCC(C)(C)F)CC2)cc1. The number of benzene rings is 2. The first kappa shape index (κ1) is 24.9. The van der Waals surface area contributed by atoms with Crippen LogP contribution in [0.4, 0.5) is 20.2 Å². The lowest BCUT2D eigenvalue weighted by molar-refractivity contribution is -0.123. The Kier molecular flexibility index (Phi) is 7.25. The molecule has 0 saturated heterocycles. The van der Waals surface area contributed by atoms with Gasteiger partial charge in [-0.1, -0.05) is 12.1 Å².